The van der Waals surface area contributed by atoms with Crippen LogP contribution in [0.5, 0.6) is 5.75 Å². The molecule has 1 aliphatic heterocycles. The van der Waals surface area contributed by atoms with Crippen LogP contribution in [0.15, 0.2) is 34.7 Å². The number of amides is 2. The van der Waals surface area contributed by atoms with Crippen LogP contribution < -0.4 is 4.74 Å². The van der Waals surface area contributed by atoms with Gasteiger partial charge in [-0.25, -0.2) is 0 Å². The minimum Gasteiger partial charge on any atom is -0.497 e. The second-order valence-corrected chi connectivity index (χ2v) is 6.14. The molecule has 2 amide bonds. The Bertz CT molecular complexity index is 788. The number of carbonyl (C=O) groups excluding carboxylic acids is 2. The number of rotatable bonds is 3. The molecule has 1 aliphatic rings. The summed E-state index contributed by atoms with van der Waals surface area (Å²) >= 11 is 0. The summed E-state index contributed by atoms with van der Waals surface area (Å²) in [6.45, 7) is 5.67. The minimum absolute atomic E-state index is 0.0390. The summed E-state index contributed by atoms with van der Waals surface area (Å²) in [6.07, 6.45) is 0. The topological polar surface area (TPSA) is 63.0 Å². The molecular weight excluding hydrogens is 320 g/mol. The van der Waals surface area contributed by atoms with Crippen LogP contribution in [-0.2, 0) is 0 Å². The van der Waals surface area contributed by atoms with Gasteiger partial charge in [0.1, 0.15) is 17.3 Å². The minimum atomic E-state index is -0.0404. The Morgan fingerprint density at radius 2 is 1.64 bits per heavy atom. The first-order valence-corrected chi connectivity index (χ1v) is 8.29. The zero-order valence-corrected chi connectivity index (χ0v) is 14.7. The van der Waals surface area contributed by atoms with Crippen LogP contribution >= 0.6 is 0 Å². The summed E-state index contributed by atoms with van der Waals surface area (Å²) in [5, 5.41) is 0. The first-order valence-electron chi connectivity index (χ1n) is 8.29. The zero-order chi connectivity index (χ0) is 18.0. The number of furan rings is 1. The maximum absolute atomic E-state index is 12.6. The Morgan fingerprint density at radius 1 is 1.00 bits per heavy atom. The van der Waals surface area contributed by atoms with Crippen molar-refractivity contribution in [2.45, 2.75) is 13.8 Å². The molecule has 1 aromatic heterocycles. The number of nitrogens with zero attached hydrogens (tertiary/aromatic N) is 2. The van der Waals surface area contributed by atoms with Crippen LogP contribution in [0, 0.1) is 13.8 Å². The molecule has 0 N–H and O–H groups in total. The van der Waals surface area contributed by atoms with Crippen molar-refractivity contribution in [3.8, 4) is 5.75 Å². The van der Waals surface area contributed by atoms with E-state index in [0.29, 0.717) is 48.8 Å². The van der Waals surface area contributed by atoms with Gasteiger partial charge < -0.3 is 19.0 Å². The molecule has 0 radical (unpaired) electrons. The van der Waals surface area contributed by atoms with Gasteiger partial charge in [-0.15, -0.1) is 0 Å². The molecule has 0 unspecified atom stereocenters. The van der Waals surface area contributed by atoms with E-state index in [-0.39, 0.29) is 11.8 Å². The highest BCUT2D eigenvalue weighted by Crippen LogP contribution is 2.19. The highest BCUT2D eigenvalue weighted by molar-refractivity contribution is 5.96. The average Bonchev–Trinajstić information content (AvgIpc) is 2.99. The van der Waals surface area contributed by atoms with Gasteiger partial charge in [-0.05, 0) is 38.1 Å². The number of hydrogen-bond donors (Lipinski definition) is 0. The Hall–Kier alpha value is -2.76. The molecule has 25 heavy (non-hydrogen) atoms. The van der Waals surface area contributed by atoms with Crippen molar-refractivity contribution in [3.05, 3.63) is 53.0 Å². The van der Waals surface area contributed by atoms with E-state index in [1.165, 1.54) is 0 Å². The summed E-state index contributed by atoms with van der Waals surface area (Å²) in [5.41, 5.74) is 1.20. The van der Waals surface area contributed by atoms with E-state index in [2.05, 4.69) is 0 Å². The van der Waals surface area contributed by atoms with E-state index < -0.39 is 0 Å². The molecule has 0 aliphatic carbocycles. The predicted octanol–water partition coefficient (Wildman–Crippen LogP) is 2.50. The van der Waals surface area contributed by atoms with Crippen molar-refractivity contribution in [3.63, 3.8) is 0 Å². The monoisotopic (exact) mass is 342 g/mol. The van der Waals surface area contributed by atoms with Gasteiger partial charge in [0.2, 0.25) is 0 Å². The quantitative estimate of drug-likeness (QED) is 0.860. The van der Waals surface area contributed by atoms with Crippen molar-refractivity contribution < 1.29 is 18.7 Å². The Labute approximate surface area is 147 Å². The molecule has 1 fully saturated rings. The summed E-state index contributed by atoms with van der Waals surface area (Å²) in [4.78, 5) is 28.8. The Balaban J connectivity index is 1.64. The van der Waals surface area contributed by atoms with Gasteiger partial charge in [0.15, 0.2) is 0 Å². The second-order valence-electron chi connectivity index (χ2n) is 6.14. The molecule has 0 spiro atoms. The number of aryl methyl sites for hydroxylation is 2. The Kier molecular flexibility index (Phi) is 4.79. The number of ether oxygens (including phenoxy) is 1. The fourth-order valence-electron chi connectivity index (χ4n) is 3.06. The van der Waals surface area contributed by atoms with E-state index in [1.54, 1.807) is 48.1 Å². The average molecular weight is 342 g/mol. The maximum Gasteiger partial charge on any atom is 0.257 e. The lowest BCUT2D eigenvalue weighted by Crippen LogP contribution is -2.50. The lowest BCUT2D eigenvalue weighted by molar-refractivity contribution is 0.0534. The SMILES string of the molecule is COc1cccc(C(=O)N2CCN(C(=O)c3cc(C)oc3C)CC2)c1. The molecular formula is C19H22N2O4. The molecule has 132 valence electrons. The largest absolute Gasteiger partial charge is 0.497 e. The second kappa shape index (κ2) is 7.01. The third-order valence-electron chi connectivity index (χ3n) is 4.44. The van der Waals surface area contributed by atoms with Crippen LogP contribution in [0.1, 0.15) is 32.2 Å². The predicted molar refractivity (Wildman–Crippen MR) is 93.0 cm³/mol. The third-order valence-corrected chi connectivity index (χ3v) is 4.44. The van der Waals surface area contributed by atoms with E-state index >= 15 is 0 Å². The number of benzene rings is 1. The number of methoxy groups -OCH3 is 1. The van der Waals surface area contributed by atoms with Crippen molar-refractivity contribution in [2.24, 2.45) is 0 Å². The van der Waals surface area contributed by atoms with Gasteiger partial charge in [-0.3, -0.25) is 9.59 Å². The van der Waals surface area contributed by atoms with E-state index in [9.17, 15) is 9.59 Å². The lowest BCUT2D eigenvalue weighted by atomic mass is 10.1. The number of carbonyl (C=O) groups is 2. The molecule has 6 nitrogen and oxygen atoms in total. The molecule has 0 saturated carbocycles. The van der Waals surface area contributed by atoms with Gasteiger partial charge in [-0.2, -0.15) is 0 Å². The number of piperazine rings is 1. The fraction of sp³-hybridized carbons (Fsp3) is 0.368. The van der Waals surface area contributed by atoms with E-state index in [4.69, 9.17) is 9.15 Å². The van der Waals surface area contributed by atoms with Crippen molar-refractivity contribution >= 4 is 11.8 Å². The molecule has 6 heteroatoms. The van der Waals surface area contributed by atoms with Crippen molar-refractivity contribution in [2.75, 3.05) is 33.3 Å². The summed E-state index contributed by atoms with van der Waals surface area (Å²) in [6, 6.07) is 8.89. The molecule has 0 atom stereocenters. The molecule has 1 saturated heterocycles. The normalized spacial score (nSPS) is 14.5. The van der Waals surface area contributed by atoms with E-state index in [0.717, 1.165) is 5.76 Å². The fourth-order valence-corrected chi connectivity index (χ4v) is 3.06. The van der Waals surface area contributed by atoms with E-state index in [1.807, 2.05) is 13.0 Å². The summed E-state index contributed by atoms with van der Waals surface area (Å²) < 4.78 is 10.6. The molecule has 1 aromatic carbocycles. The summed E-state index contributed by atoms with van der Waals surface area (Å²) in [5.74, 6) is 1.94. The van der Waals surface area contributed by atoms with Gasteiger partial charge in [0.05, 0.1) is 12.7 Å². The van der Waals surface area contributed by atoms with Crippen LogP contribution in [0.4, 0.5) is 0 Å². The smallest absolute Gasteiger partial charge is 0.257 e. The summed E-state index contributed by atoms with van der Waals surface area (Å²) in [7, 11) is 1.58. The maximum atomic E-state index is 12.6. The Morgan fingerprint density at radius 3 is 2.20 bits per heavy atom. The van der Waals surface area contributed by atoms with Crippen molar-refractivity contribution in [1.29, 1.82) is 0 Å². The molecule has 3 rings (SSSR count). The first-order chi connectivity index (χ1) is 12.0. The number of hydrogen-bond acceptors (Lipinski definition) is 4. The highest BCUT2D eigenvalue weighted by atomic mass is 16.5. The lowest BCUT2D eigenvalue weighted by Gasteiger charge is -2.34. The third kappa shape index (κ3) is 3.52. The molecule has 0 bridgehead atoms. The highest BCUT2D eigenvalue weighted by Gasteiger charge is 2.27. The van der Waals surface area contributed by atoms with Crippen molar-refractivity contribution in [1.82, 2.24) is 9.80 Å². The zero-order valence-electron chi connectivity index (χ0n) is 14.7. The van der Waals surface area contributed by atoms with Gasteiger partial charge in [0.25, 0.3) is 11.8 Å². The van der Waals surface area contributed by atoms with Gasteiger partial charge in [-0.1, -0.05) is 6.07 Å². The van der Waals surface area contributed by atoms with Gasteiger partial charge in [0, 0.05) is 31.7 Å². The molecule has 2 aromatic rings. The standard InChI is InChI=1S/C19H22N2O4/c1-13-11-17(14(2)25-13)19(23)21-9-7-20(8-10-21)18(22)15-5-4-6-16(12-15)24-3/h4-6,11-12H,7-10H2,1-3H3. The van der Waals surface area contributed by atoms with Gasteiger partial charge >= 0.3 is 0 Å². The van der Waals surface area contributed by atoms with Crippen LogP contribution in [0.2, 0.25) is 0 Å². The van der Waals surface area contributed by atoms with Crippen LogP contribution in [0.3, 0.4) is 0 Å². The molecule has 2 heterocycles. The first kappa shape index (κ1) is 17.1. The van der Waals surface area contributed by atoms with Crippen LogP contribution in [-0.4, -0.2) is 54.9 Å². The van der Waals surface area contributed by atoms with Crippen LogP contribution in [0.25, 0.3) is 0 Å².